The van der Waals surface area contributed by atoms with E-state index < -0.39 is 11.9 Å². The second-order valence-electron chi connectivity index (χ2n) is 8.05. The van der Waals surface area contributed by atoms with E-state index in [0.717, 1.165) is 5.69 Å². The molecular formula is C26H24ClN3O4. The maximum Gasteiger partial charge on any atom is 0.337 e. The molecule has 34 heavy (non-hydrogen) atoms. The van der Waals surface area contributed by atoms with Gasteiger partial charge in [0.05, 0.1) is 21.8 Å². The van der Waals surface area contributed by atoms with Crippen LogP contribution in [0.5, 0.6) is 0 Å². The zero-order valence-corrected chi connectivity index (χ0v) is 19.4. The van der Waals surface area contributed by atoms with Crippen molar-refractivity contribution in [2.45, 2.75) is 6.92 Å². The molecule has 0 radical (unpaired) electrons. The van der Waals surface area contributed by atoms with E-state index >= 15 is 0 Å². The summed E-state index contributed by atoms with van der Waals surface area (Å²) in [5.74, 6) is -1.44. The molecule has 174 valence electrons. The van der Waals surface area contributed by atoms with Crippen molar-refractivity contribution in [1.82, 2.24) is 0 Å². The molecule has 2 N–H and O–H groups in total. The predicted octanol–water partition coefficient (Wildman–Crippen LogP) is 4.82. The van der Waals surface area contributed by atoms with Gasteiger partial charge in [0, 0.05) is 43.1 Å². The number of benzene rings is 3. The Balaban J connectivity index is 1.47. The Morgan fingerprint density at radius 2 is 1.50 bits per heavy atom. The van der Waals surface area contributed by atoms with Crippen molar-refractivity contribution in [3.05, 3.63) is 88.4 Å². The molecule has 7 nitrogen and oxygen atoms in total. The lowest BCUT2D eigenvalue weighted by atomic mass is 10.1. The minimum atomic E-state index is -1.06. The highest BCUT2D eigenvalue weighted by atomic mass is 35.5. The third kappa shape index (κ3) is 5.05. The third-order valence-electron chi connectivity index (χ3n) is 5.86. The number of carbonyl (C=O) groups excluding carboxylic acids is 2. The smallest absolute Gasteiger partial charge is 0.337 e. The summed E-state index contributed by atoms with van der Waals surface area (Å²) in [6.45, 7) is 4.24. The minimum Gasteiger partial charge on any atom is -0.478 e. The van der Waals surface area contributed by atoms with Crippen LogP contribution in [-0.4, -0.2) is 48.9 Å². The van der Waals surface area contributed by atoms with E-state index in [0.29, 0.717) is 53.7 Å². The fraction of sp³-hybridized carbons (Fsp3) is 0.192. The number of hydrogen-bond donors (Lipinski definition) is 2. The van der Waals surface area contributed by atoms with E-state index in [1.165, 1.54) is 6.07 Å². The van der Waals surface area contributed by atoms with E-state index in [-0.39, 0.29) is 11.3 Å². The summed E-state index contributed by atoms with van der Waals surface area (Å²) in [7, 11) is 0. The number of carboxylic acid groups (broad SMARTS) is 1. The second kappa shape index (κ2) is 9.97. The number of carboxylic acids is 1. The molecule has 3 aromatic carbocycles. The number of carbonyl (C=O) groups is 3. The number of amides is 1. The average Bonchev–Trinajstić information content (AvgIpc) is 2.84. The molecule has 3 aromatic rings. The van der Waals surface area contributed by atoms with Crippen LogP contribution >= 0.6 is 11.6 Å². The van der Waals surface area contributed by atoms with Gasteiger partial charge in [-0.1, -0.05) is 23.7 Å². The average molecular weight is 478 g/mol. The number of halogens is 1. The number of rotatable bonds is 6. The molecule has 0 aromatic heterocycles. The van der Waals surface area contributed by atoms with Crippen LogP contribution < -0.4 is 15.1 Å². The molecular weight excluding hydrogens is 454 g/mol. The van der Waals surface area contributed by atoms with Gasteiger partial charge in [-0.15, -0.1) is 0 Å². The van der Waals surface area contributed by atoms with Crippen LogP contribution in [0.15, 0.2) is 66.7 Å². The highest BCUT2D eigenvalue weighted by molar-refractivity contribution is 6.34. The quantitative estimate of drug-likeness (QED) is 0.495. The van der Waals surface area contributed by atoms with Crippen LogP contribution in [0.25, 0.3) is 0 Å². The zero-order valence-electron chi connectivity index (χ0n) is 18.6. The number of piperazine rings is 1. The second-order valence-corrected chi connectivity index (χ2v) is 8.46. The summed E-state index contributed by atoms with van der Waals surface area (Å²) >= 11 is 6.09. The van der Waals surface area contributed by atoms with Crippen LogP contribution in [0, 0.1) is 0 Å². The van der Waals surface area contributed by atoms with Crippen molar-refractivity contribution in [2.75, 3.05) is 41.3 Å². The molecule has 0 atom stereocenters. The van der Waals surface area contributed by atoms with Crippen LogP contribution in [0.4, 0.5) is 17.1 Å². The summed E-state index contributed by atoms with van der Waals surface area (Å²) in [5, 5.41) is 12.9. The summed E-state index contributed by atoms with van der Waals surface area (Å²) < 4.78 is 0. The molecule has 0 aliphatic carbocycles. The Morgan fingerprint density at radius 1 is 0.853 bits per heavy atom. The van der Waals surface area contributed by atoms with Gasteiger partial charge in [0.25, 0.3) is 5.91 Å². The standard InChI is InChI=1S/C26H24ClN3O4/c1-17(31)18-6-9-20(10-7-18)29-12-14-30(15-13-29)24-11-8-19(16-22(24)26(33)34)28-25(32)21-4-2-3-5-23(21)27/h2-11,16H,12-15H2,1H3,(H,28,32)(H,33,34). The number of nitrogens with one attached hydrogen (secondary N) is 1. The first-order chi connectivity index (χ1) is 16.3. The predicted molar refractivity (Wildman–Crippen MR) is 134 cm³/mol. The van der Waals surface area contributed by atoms with Crippen LogP contribution in [-0.2, 0) is 0 Å². The van der Waals surface area contributed by atoms with Crippen LogP contribution in [0.3, 0.4) is 0 Å². The number of Topliss-reactive ketones (excluding diaryl/α,β-unsaturated/α-hetero) is 1. The summed E-state index contributed by atoms with van der Waals surface area (Å²) in [4.78, 5) is 40.3. The van der Waals surface area contributed by atoms with E-state index in [2.05, 4.69) is 10.2 Å². The molecule has 4 rings (SSSR count). The Morgan fingerprint density at radius 3 is 2.12 bits per heavy atom. The Bertz CT molecular complexity index is 1240. The maximum absolute atomic E-state index is 12.6. The largest absolute Gasteiger partial charge is 0.478 e. The van der Waals surface area contributed by atoms with E-state index in [1.807, 2.05) is 29.2 Å². The van der Waals surface area contributed by atoms with Gasteiger partial charge in [-0.25, -0.2) is 4.79 Å². The number of nitrogens with zero attached hydrogens (tertiary/aromatic N) is 2. The van der Waals surface area contributed by atoms with Gasteiger partial charge in [-0.3, -0.25) is 9.59 Å². The molecule has 0 spiro atoms. The molecule has 1 aliphatic heterocycles. The summed E-state index contributed by atoms with van der Waals surface area (Å²) in [5.41, 5.74) is 3.13. The molecule has 1 heterocycles. The lowest BCUT2D eigenvalue weighted by Gasteiger charge is -2.38. The lowest BCUT2D eigenvalue weighted by molar-refractivity contribution is 0.0697. The van der Waals surface area contributed by atoms with Gasteiger partial charge in [-0.2, -0.15) is 0 Å². The van der Waals surface area contributed by atoms with Gasteiger partial charge >= 0.3 is 5.97 Å². The molecule has 1 saturated heterocycles. The first-order valence-corrected chi connectivity index (χ1v) is 11.3. The molecule has 0 unspecified atom stereocenters. The highest BCUT2D eigenvalue weighted by Crippen LogP contribution is 2.28. The monoisotopic (exact) mass is 477 g/mol. The third-order valence-corrected chi connectivity index (χ3v) is 6.19. The minimum absolute atomic E-state index is 0.0315. The zero-order chi connectivity index (χ0) is 24.2. The van der Waals surface area contributed by atoms with Crippen LogP contribution in [0.1, 0.15) is 38.0 Å². The van der Waals surface area contributed by atoms with E-state index in [1.54, 1.807) is 43.3 Å². The van der Waals surface area contributed by atoms with E-state index in [4.69, 9.17) is 11.6 Å². The lowest BCUT2D eigenvalue weighted by Crippen LogP contribution is -2.47. The van der Waals surface area contributed by atoms with Gasteiger partial charge in [-0.05, 0) is 61.5 Å². The van der Waals surface area contributed by atoms with Gasteiger partial charge in [0.15, 0.2) is 5.78 Å². The first kappa shape index (κ1) is 23.3. The molecule has 0 saturated carbocycles. The highest BCUT2D eigenvalue weighted by Gasteiger charge is 2.23. The van der Waals surface area contributed by atoms with Crippen molar-refractivity contribution in [2.24, 2.45) is 0 Å². The van der Waals surface area contributed by atoms with E-state index in [9.17, 15) is 19.5 Å². The Labute approximate surface area is 202 Å². The normalized spacial score (nSPS) is 13.5. The fourth-order valence-electron chi connectivity index (χ4n) is 4.02. The molecule has 0 bridgehead atoms. The van der Waals surface area contributed by atoms with Gasteiger partial charge in [0.1, 0.15) is 0 Å². The van der Waals surface area contributed by atoms with Crippen molar-refractivity contribution in [3.8, 4) is 0 Å². The van der Waals surface area contributed by atoms with Crippen LogP contribution in [0.2, 0.25) is 5.02 Å². The van der Waals surface area contributed by atoms with Crippen molar-refractivity contribution >= 4 is 46.3 Å². The SMILES string of the molecule is CC(=O)c1ccc(N2CCN(c3ccc(NC(=O)c4ccccc4Cl)cc3C(=O)O)CC2)cc1. The van der Waals surface area contributed by atoms with Gasteiger partial charge in [0.2, 0.25) is 0 Å². The van der Waals surface area contributed by atoms with Crippen molar-refractivity contribution in [1.29, 1.82) is 0 Å². The topological polar surface area (TPSA) is 90.0 Å². The molecule has 1 amide bonds. The number of hydrogen-bond acceptors (Lipinski definition) is 5. The molecule has 1 aliphatic rings. The molecule has 1 fully saturated rings. The fourth-order valence-corrected chi connectivity index (χ4v) is 4.24. The number of aromatic carboxylic acids is 1. The molecule has 8 heteroatoms. The number of ketones is 1. The van der Waals surface area contributed by atoms with Crippen molar-refractivity contribution < 1.29 is 19.5 Å². The number of anilines is 3. The van der Waals surface area contributed by atoms with Gasteiger partial charge < -0.3 is 20.2 Å². The summed E-state index contributed by atoms with van der Waals surface area (Å²) in [6.07, 6.45) is 0. The maximum atomic E-state index is 12.6. The Kier molecular flexibility index (Phi) is 6.84. The van der Waals surface area contributed by atoms with Crippen molar-refractivity contribution in [3.63, 3.8) is 0 Å². The summed E-state index contributed by atoms with van der Waals surface area (Å²) in [6, 6.07) is 19.1. The first-order valence-electron chi connectivity index (χ1n) is 10.9. The Hall–Kier alpha value is -3.84.